The summed E-state index contributed by atoms with van der Waals surface area (Å²) in [6, 6.07) is 11.3. The minimum atomic E-state index is -0.515. The molecule has 0 atom stereocenters. The first-order valence-electron chi connectivity index (χ1n) is 21.6. The molecule has 0 unspecified atom stereocenters. The molecule has 0 radical (unpaired) electrons. The Morgan fingerprint density at radius 3 is 1.58 bits per heavy atom. The number of nitrogens with zero attached hydrogens (tertiary/aromatic N) is 1. The van der Waals surface area contributed by atoms with E-state index in [-0.39, 0.29) is 58.9 Å². The molecule has 57 heavy (non-hydrogen) atoms. The van der Waals surface area contributed by atoms with Gasteiger partial charge in [-0.25, -0.2) is 0 Å². The van der Waals surface area contributed by atoms with Crippen molar-refractivity contribution in [1.29, 1.82) is 0 Å². The fourth-order valence-electron chi connectivity index (χ4n) is 9.31. The number of hydrogen-bond donors (Lipinski definition) is 0. The van der Waals surface area contributed by atoms with E-state index in [4.69, 9.17) is 23.4 Å². The smallest absolute Gasteiger partial charge is 0.314 e. The van der Waals surface area contributed by atoms with E-state index in [1.54, 1.807) is 30.3 Å². The van der Waals surface area contributed by atoms with Crippen LogP contribution in [-0.2, 0) is 28.7 Å². The number of para-hydroxylation sites is 1. The highest BCUT2D eigenvalue weighted by atomic mass is 16.6. The summed E-state index contributed by atoms with van der Waals surface area (Å²) in [6.45, 7) is 4.42. The number of hydrogen-bond acceptors (Lipinski definition) is 11. The third-order valence-electron chi connectivity index (χ3n) is 13.2. The molecule has 3 aromatic rings. The fraction of sp³-hybridized carbons (Fsp3) is 0.609. The minimum Gasteiger partial charge on any atom is -0.462 e. The minimum absolute atomic E-state index is 0.00790. The van der Waals surface area contributed by atoms with Gasteiger partial charge in [-0.15, -0.1) is 0 Å². The van der Waals surface area contributed by atoms with Crippen LogP contribution in [0.5, 0.6) is 11.5 Å². The van der Waals surface area contributed by atoms with Crippen molar-refractivity contribution in [2.24, 2.45) is 35.5 Å². The SMILES string of the molecule is CC[C@H]1CC[C@H](OC(=O)C2CCC(C(=O)Oc3ccc(OC(=O)C4CCC(C(=O)O[C@H]5CC[C@H](CC)CC5)CC4)c(-c4nc(=O)c5ccccc5o4)c3)CC2)CC1. The quantitative estimate of drug-likeness (QED) is 0.135. The molecular formula is C46H57NO10. The topological polar surface area (TPSA) is 148 Å². The van der Waals surface area contributed by atoms with E-state index < -0.39 is 29.3 Å². The summed E-state index contributed by atoms with van der Waals surface area (Å²) in [7, 11) is 0. The molecule has 0 N–H and O–H groups in total. The molecular weight excluding hydrogens is 727 g/mol. The summed E-state index contributed by atoms with van der Waals surface area (Å²) in [5, 5.41) is 0.301. The average molecular weight is 784 g/mol. The van der Waals surface area contributed by atoms with Gasteiger partial charge >= 0.3 is 23.9 Å². The summed E-state index contributed by atoms with van der Waals surface area (Å²) in [4.78, 5) is 70.2. The molecule has 11 heteroatoms. The Hall–Kier alpha value is -4.54. The maximum absolute atomic E-state index is 13.6. The largest absolute Gasteiger partial charge is 0.462 e. The number of aromatic nitrogens is 1. The van der Waals surface area contributed by atoms with E-state index >= 15 is 0 Å². The zero-order valence-corrected chi connectivity index (χ0v) is 33.4. The number of fused-ring (bicyclic) bond motifs is 1. The monoisotopic (exact) mass is 783 g/mol. The molecule has 7 rings (SSSR count). The van der Waals surface area contributed by atoms with Crippen LogP contribution in [0.1, 0.15) is 129 Å². The number of ether oxygens (including phenoxy) is 4. The molecule has 0 spiro atoms. The van der Waals surface area contributed by atoms with Crippen LogP contribution in [-0.4, -0.2) is 41.1 Å². The lowest BCUT2D eigenvalue weighted by Gasteiger charge is -2.31. The second kappa shape index (κ2) is 18.8. The van der Waals surface area contributed by atoms with Gasteiger partial charge in [-0.1, -0.05) is 38.8 Å². The molecule has 1 aromatic heterocycles. The number of carbonyl (C=O) groups excluding carboxylic acids is 4. The van der Waals surface area contributed by atoms with E-state index in [1.165, 1.54) is 18.6 Å². The van der Waals surface area contributed by atoms with Crippen molar-refractivity contribution in [2.75, 3.05) is 0 Å². The summed E-state index contributed by atoms with van der Waals surface area (Å²) in [5.41, 5.74) is -0.0234. The highest BCUT2D eigenvalue weighted by Crippen LogP contribution is 2.38. The molecule has 4 aliphatic rings. The lowest BCUT2D eigenvalue weighted by atomic mass is 9.81. The lowest BCUT2D eigenvalue weighted by Crippen LogP contribution is -2.32. The highest BCUT2D eigenvalue weighted by molar-refractivity contribution is 5.82. The zero-order chi connectivity index (χ0) is 39.9. The van der Waals surface area contributed by atoms with Gasteiger partial charge in [0.05, 0.1) is 34.6 Å². The summed E-state index contributed by atoms with van der Waals surface area (Å²) < 4.78 is 29.6. The Morgan fingerprint density at radius 1 is 0.596 bits per heavy atom. The van der Waals surface area contributed by atoms with Crippen LogP contribution in [0.25, 0.3) is 22.4 Å². The first kappa shape index (κ1) is 40.6. The van der Waals surface area contributed by atoms with Crippen molar-refractivity contribution in [3.8, 4) is 23.0 Å². The van der Waals surface area contributed by atoms with Crippen LogP contribution in [0.2, 0.25) is 0 Å². The van der Waals surface area contributed by atoms with Crippen molar-refractivity contribution < 1.29 is 42.5 Å². The van der Waals surface area contributed by atoms with Crippen molar-refractivity contribution in [1.82, 2.24) is 4.98 Å². The standard InChI is InChI=1S/C46H57NO10/c1-3-28-9-21-34(22-10-28)53-43(49)30-13-15-32(16-14-30)45(51)55-36-25-26-40(38(27-36)42-47-41(48)37-7-5-6-8-39(37)56-42)57-46(52)33-19-17-31(18-20-33)44(50)54-35-23-11-29(4-2)12-24-35/h5-8,25-35H,3-4,9-24H2,1-2H3/t28-,29-,30?,31?,32?,33?,34-,35-. The summed E-state index contributed by atoms with van der Waals surface area (Å²) in [6.07, 6.45) is 14.5. The Morgan fingerprint density at radius 2 is 1.07 bits per heavy atom. The normalized spacial score (nSPS) is 27.9. The summed E-state index contributed by atoms with van der Waals surface area (Å²) >= 11 is 0. The van der Waals surface area contributed by atoms with Gasteiger partial charge < -0.3 is 23.4 Å². The molecule has 0 saturated heterocycles. The van der Waals surface area contributed by atoms with Gasteiger partial charge in [0.25, 0.3) is 5.56 Å². The van der Waals surface area contributed by atoms with Crippen LogP contribution < -0.4 is 15.0 Å². The maximum atomic E-state index is 13.6. The molecule has 11 nitrogen and oxygen atoms in total. The predicted molar refractivity (Wildman–Crippen MR) is 212 cm³/mol. The van der Waals surface area contributed by atoms with Gasteiger partial charge in [-0.05, 0) is 145 Å². The van der Waals surface area contributed by atoms with Crippen LogP contribution in [0.15, 0.2) is 51.7 Å². The first-order chi connectivity index (χ1) is 27.7. The van der Waals surface area contributed by atoms with Gasteiger partial charge in [0.1, 0.15) is 29.3 Å². The fourth-order valence-corrected chi connectivity index (χ4v) is 9.31. The van der Waals surface area contributed by atoms with Crippen LogP contribution >= 0.6 is 0 Å². The van der Waals surface area contributed by atoms with Crippen molar-refractivity contribution in [3.63, 3.8) is 0 Å². The van der Waals surface area contributed by atoms with Crippen LogP contribution in [0.4, 0.5) is 0 Å². The van der Waals surface area contributed by atoms with Gasteiger partial charge in [0.2, 0.25) is 5.89 Å². The molecule has 306 valence electrons. The molecule has 1 heterocycles. The number of carbonyl (C=O) groups is 4. The van der Waals surface area contributed by atoms with Crippen molar-refractivity contribution in [3.05, 3.63) is 52.8 Å². The molecule has 4 fully saturated rings. The molecule has 0 amide bonds. The molecule has 0 aliphatic heterocycles. The average Bonchev–Trinajstić information content (AvgIpc) is 3.24. The van der Waals surface area contributed by atoms with E-state index in [0.29, 0.717) is 62.3 Å². The van der Waals surface area contributed by atoms with Crippen molar-refractivity contribution >= 4 is 34.8 Å². The number of benzene rings is 2. The lowest BCUT2D eigenvalue weighted by molar-refractivity contribution is -0.159. The Kier molecular flexibility index (Phi) is 13.4. The van der Waals surface area contributed by atoms with Gasteiger partial charge in [0.15, 0.2) is 0 Å². The number of rotatable bonds is 11. The Balaban J connectivity index is 0.980. The second-order valence-corrected chi connectivity index (χ2v) is 16.9. The van der Waals surface area contributed by atoms with Gasteiger partial charge in [-0.2, -0.15) is 4.98 Å². The van der Waals surface area contributed by atoms with E-state index in [9.17, 15) is 24.0 Å². The Bertz CT molecular complexity index is 1940. The van der Waals surface area contributed by atoms with Crippen molar-refractivity contribution in [2.45, 2.75) is 142 Å². The second-order valence-electron chi connectivity index (χ2n) is 16.9. The molecule has 2 aromatic carbocycles. The Labute approximate surface area is 334 Å². The number of esters is 4. The van der Waals surface area contributed by atoms with Gasteiger partial charge in [-0.3, -0.25) is 24.0 Å². The molecule has 4 saturated carbocycles. The maximum Gasteiger partial charge on any atom is 0.314 e. The van der Waals surface area contributed by atoms with E-state index in [1.807, 2.05) is 0 Å². The zero-order valence-electron chi connectivity index (χ0n) is 33.4. The van der Waals surface area contributed by atoms with E-state index in [2.05, 4.69) is 18.8 Å². The van der Waals surface area contributed by atoms with Crippen LogP contribution in [0, 0.1) is 35.5 Å². The predicted octanol–water partition coefficient (Wildman–Crippen LogP) is 9.30. The highest BCUT2D eigenvalue weighted by Gasteiger charge is 2.36. The van der Waals surface area contributed by atoms with E-state index in [0.717, 1.165) is 69.6 Å². The van der Waals surface area contributed by atoms with Crippen LogP contribution in [0.3, 0.4) is 0 Å². The third-order valence-corrected chi connectivity index (χ3v) is 13.2. The molecule has 4 aliphatic carbocycles. The molecule has 0 bridgehead atoms. The first-order valence-corrected chi connectivity index (χ1v) is 21.6. The van der Waals surface area contributed by atoms with Gasteiger partial charge in [0, 0.05) is 0 Å². The summed E-state index contributed by atoms with van der Waals surface area (Å²) in [5.74, 6) is -0.844. The third kappa shape index (κ3) is 10.1.